The average molecular weight is 273 g/mol. The van der Waals surface area contributed by atoms with Gasteiger partial charge in [0.2, 0.25) is 0 Å². The topological polar surface area (TPSA) is 67.6 Å². The predicted octanol–water partition coefficient (Wildman–Crippen LogP) is 1.46. The van der Waals surface area contributed by atoms with E-state index >= 15 is 0 Å². The molecule has 0 unspecified atom stereocenters. The molecule has 0 spiro atoms. The summed E-state index contributed by atoms with van der Waals surface area (Å²) in [6.07, 6.45) is 0.204. The molecule has 1 saturated heterocycles. The van der Waals surface area contributed by atoms with Crippen LogP contribution in [0, 0.1) is 18.3 Å². The van der Waals surface area contributed by atoms with Crippen LogP contribution in [0.5, 0.6) is 0 Å². The third-order valence-corrected chi connectivity index (χ3v) is 3.71. The van der Waals surface area contributed by atoms with Crippen molar-refractivity contribution in [3.63, 3.8) is 0 Å². The quantitative estimate of drug-likeness (QED) is 0.899. The molecule has 1 aromatic rings. The fraction of sp³-hybridized carbons (Fsp3) is 0.467. The van der Waals surface area contributed by atoms with Crippen LogP contribution in [-0.4, -0.2) is 48.7 Å². The van der Waals surface area contributed by atoms with Crippen LogP contribution in [0.2, 0.25) is 0 Å². The predicted molar refractivity (Wildman–Crippen MR) is 76.8 cm³/mol. The van der Waals surface area contributed by atoms with Crippen LogP contribution in [-0.2, 0) is 4.79 Å². The zero-order valence-electron chi connectivity index (χ0n) is 11.7. The highest BCUT2D eigenvalue weighted by Gasteiger charge is 2.18. The Morgan fingerprint density at radius 3 is 2.60 bits per heavy atom. The summed E-state index contributed by atoms with van der Waals surface area (Å²) in [5.74, 6) is -0.741. The molecule has 0 atom stereocenters. The molecule has 0 aromatic heterocycles. The molecule has 1 aliphatic rings. The molecule has 1 fully saturated rings. The number of aliphatic carboxylic acids is 1. The molecule has 0 bridgehead atoms. The van der Waals surface area contributed by atoms with Gasteiger partial charge in [0.05, 0.1) is 18.1 Å². The number of aryl methyl sites for hydroxylation is 1. The lowest BCUT2D eigenvalue weighted by Crippen LogP contribution is -2.46. The minimum atomic E-state index is -0.741. The lowest BCUT2D eigenvalue weighted by atomic mass is 10.1. The molecule has 106 valence electrons. The summed E-state index contributed by atoms with van der Waals surface area (Å²) in [6.45, 7) is 6.12. The van der Waals surface area contributed by atoms with Crippen molar-refractivity contribution in [2.45, 2.75) is 13.3 Å². The second-order valence-corrected chi connectivity index (χ2v) is 5.08. The lowest BCUT2D eigenvalue weighted by molar-refractivity contribution is -0.137. The molecule has 0 aliphatic carbocycles. The van der Waals surface area contributed by atoms with Crippen molar-refractivity contribution in [2.75, 3.05) is 37.6 Å². The number of carboxylic acid groups (broad SMARTS) is 1. The van der Waals surface area contributed by atoms with Crippen molar-refractivity contribution in [3.05, 3.63) is 29.3 Å². The largest absolute Gasteiger partial charge is 0.481 e. The minimum absolute atomic E-state index is 0.204. The van der Waals surface area contributed by atoms with Crippen LogP contribution in [0.1, 0.15) is 17.5 Å². The third-order valence-electron chi connectivity index (χ3n) is 3.71. The Labute approximate surface area is 119 Å². The van der Waals surface area contributed by atoms with Gasteiger partial charge in [-0.1, -0.05) is 0 Å². The highest BCUT2D eigenvalue weighted by Crippen LogP contribution is 2.20. The van der Waals surface area contributed by atoms with Gasteiger partial charge in [-0.05, 0) is 30.7 Å². The Balaban J connectivity index is 1.92. The maximum Gasteiger partial charge on any atom is 0.304 e. The fourth-order valence-electron chi connectivity index (χ4n) is 2.45. The number of nitrogens with zero attached hydrogens (tertiary/aromatic N) is 3. The maximum absolute atomic E-state index is 10.6. The van der Waals surface area contributed by atoms with Gasteiger partial charge in [-0.15, -0.1) is 0 Å². The van der Waals surface area contributed by atoms with Crippen molar-refractivity contribution in [1.82, 2.24) is 4.90 Å². The first-order valence-corrected chi connectivity index (χ1v) is 6.80. The molecule has 1 N–H and O–H groups in total. The number of anilines is 1. The summed E-state index contributed by atoms with van der Waals surface area (Å²) in [5, 5.41) is 17.6. The van der Waals surface area contributed by atoms with Gasteiger partial charge >= 0.3 is 5.97 Å². The van der Waals surface area contributed by atoms with Crippen molar-refractivity contribution < 1.29 is 9.90 Å². The molecule has 1 heterocycles. The number of nitriles is 1. The van der Waals surface area contributed by atoms with E-state index in [0.29, 0.717) is 12.1 Å². The van der Waals surface area contributed by atoms with Crippen LogP contribution in [0.15, 0.2) is 18.2 Å². The summed E-state index contributed by atoms with van der Waals surface area (Å²) in [7, 11) is 0. The Morgan fingerprint density at radius 1 is 1.35 bits per heavy atom. The van der Waals surface area contributed by atoms with Crippen molar-refractivity contribution >= 4 is 11.7 Å². The first kappa shape index (κ1) is 14.4. The van der Waals surface area contributed by atoms with Crippen molar-refractivity contribution in [2.24, 2.45) is 0 Å². The Bertz CT molecular complexity index is 528. The van der Waals surface area contributed by atoms with E-state index < -0.39 is 5.97 Å². The number of benzene rings is 1. The second kappa shape index (κ2) is 6.40. The van der Waals surface area contributed by atoms with Crippen LogP contribution in [0.25, 0.3) is 0 Å². The number of carbonyl (C=O) groups is 1. The van der Waals surface area contributed by atoms with E-state index in [4.69, 9.17) is 10.4 Å². The molecular formula is C15H19N3O2. The van der Waals surface area contributed by atoms with Gasteiger partial charge < -0.3 is 10.0 Å². The maximum atomic E-state index is 10.6. The molecular weight excluding hydrogens is 254 g/mol. The minimum Gasteiger partial charge on any atom is -0.481 e. The number of carboxylic acids is 1. The van der Waals surface area contributed by atoms with Crippen LogP contribution in [0.4, 0.5) is 5.69 Å². The zero-order valence-corrected chi connectivity index (χ0v) is 11.7. The Morgan fingerprint density at radius 2 is 2.05 bits per heavy atom. The summed E-state index contributed by atoms with van der Waals surface area (Å²) in [6, 6.07) is 8.07. The highest BCUT2D eigenvalue weighted by molar-refractivity contribution is 5.66. The molecule has 5 heteroatoms. The van der Waals surface area contributed by atoms with Gasteiger partial charge in [0.15, 0.2) is 0 Å². The fourth-order valence-corrected chi connectivity index (χ4v) is 2.45. The summed E-state index contributed by atoms with van der Waals surface area (Å²) < 4.78 is 0. The van der Waals surface area contributed by atoms with Gasteiger partial charge in [-0.25, -0.2) is 0 Å². The Hall–Kier alpha value is -2.06. The van der Waals surface area contributed by atoms with Crippen molar-refractivity contribution in [1.29, 1.82) is 5.26 Å². The molecule has 1 aromatic carbocycles. The van der Waals surface area contributed by atoms with Gasteiger partial charge in [-0.3, -0.25) is 9.69 Å². The van der Waals surface area contributed by atoms with Gasteiger partial charge in [0.25, 0.3) is 0 Å². The first-order chi connectivity index (χ1) is 9.60. The van der Waals surface area contributed by atoms with Gasteiger partial charge in [-0.2, -0.15) is 5.26 Å². The lowest BCUT2D eigenvalue weighted by Gasteiger charge is -2.36. The summed E-state index contributed by atoms with van der Waals surface area (Å²) in [4.78, 5) is 15.0. The highest BCUT2D eigenvalue weighted by atomic mass is 16.4. The average Bonchev–Trinajstić information content (AvgIpc) is 2.45. The molecule has 5 nitrogen and oxygen atoms in total. The van der Waals surface area contributed by atoms with E-state index in [2.05, 4.69) is 15.9 Å². The Kier molecular flexibility index (Phi) is 4.59. The van der Waals surface area contributed by atoms with E-state index in [1.54, 1.807) is 0 Å². The molecule has 2 rings (SSSR count). The van der Waals surface area contributed by atoms with Crippen LogP contribution >= 0.6 is 0 Å². The van der Waals surface area contributed by atoms with E-state index in [9.17, 15) is 4.79 Å². The number of piperazine rings is 1. The number of hydrogen-bond donors (Lipinski definition) is 1. The number of rotatable bonds is 4. The first-order valence-electron chi connectivity index (χ1n) is 6.80. The van der Waals surface area contributed by atoms with E-state index in [1.807, 2.05) is 25.1 Å². The van der Waals surface area contributed by atoms with E-state index in [-0.39, 0.29) is 6.42 Å². The molecule has 20 heavy (non-hydrogen) atoms. The van der Waals surface area contributed by atoms with E-state index in [0.717, 1.165) is 37.4 Å². The molecule has 1 aliphatic heterocycles. The number of hydrogen-bond acceptors (Lipinski definition) is 4. The van der Waals surface area contributed by atoms with Crippen LogP contribution < -0.4 is 4.90 Å². The standard InChI is InChI=1S/C15H19N3O2/c1-12-10-14(3-2-13(12)11-16)18-8-6-17(7-9-18)5-4-15(19)20/h2-3,10H,4-9H2,1H3,(H,19,20). The zero-order chi connectivity index (χ0) is 14.5. The SMILES string of the molecule is Cc1cc(N2CCN(CCC(=O)O)CC2)ccc1C#N. The summed E-state index contributed by atoms with van der Waals surface area (Å²) >= 11 is 0. The normalized spacial score (nSPS) is 15.9. The molecule has 0 amide bonds. The summed E-state index contributed by atoms with van der Waals surface area (Å²) in [5.41, 5.74) is 2.85. The van der Waals surface area contributed by atoms with Gasteiger partial charge in [0.1, 0.15) is 0 Å². The second-order valence-electron chi connectivity index (χ2n) is 5.08. The monoisotopic (exact) mass is 273 g/mol. The smallest absolute Gasteiger partial charge is 0.304 e. The molecule has 0 radical (unpaired) electrons. The third kappa shape index (κ3) is 3.49. The van der Waals surface area contributed by atoms with E-state index in [1.165, 1.54) is 0 Å². The molecule has 0 saturated carbocycles. The van der Waals surface area contributed by atoms with Gasteiger partial charge in [0, 0.05) is 38.4 Å². The van der Waals surface area contributed by atoms with Crippen LogP contribution in [0.3, 0.4) is 0 Å². The van der Waals surface area contributed by atoms with Crippen molar-refractivity contribution in [3.8, 4) is 6.07 Å².